The number of carboxylic acid groups (broad SMARTS) is 1. The Labute approximate surface area is 196 Å². The second-order valence-corrected chi connectivity index (χ2v) is 11.1. The van der Waals surface area contributed by atoms with Crippen LogP contribution in [0.2, 0.25) is 0 Å². The summed E-state index contributed by atoms with van der Waals surface area (Å²) in [5.74, 6) is 1.03. The lowest BCUT2D eigenvalue weighted by Crippen LogP contribution is -2.56. The molecule has 0 radical (unpaired) electrons. The predicted molar refractivity (Wildman–Crippen MR) is 124 cm³/mol. The number of amides is 1. The molecule has 4 aliphatic rings. The third kappa shape index (κ3) is 4.51. The van der Waals surface area contributed by atoms with Gasteiger partial charge < -0.3 is 19.5 Å². The third-order valence-electron chi connectivity index (χ3n) is 8.89. The minimum Gasteiger partial charge on any atom is -0.487 e. The van der Waals surface area contributed by atoms with Gasteiger partial charge in [-0.1, -0.05) is 31.0 Å². The van der Waals surface area contributed by atoms with Crippen molar-refractivity contribution in [2.24, 2.45) is 17.3 Å². The highest BCUT2D eigenvalue weighted by Gasteiger charge is 2.54. The molecule has 3 aliphatic heterocycles. The number of fused-ring (bicyclic) bond motifs is 3. The van der Waals surface area contributed by atoms with Crippen molar-refractivity contribution in [3.8, 4) is 5.75 Å². The topological polar surface area (TPSA) is 76.1 Å². The maximum Gasteiger partial charge on any atom is 0.303 e. The number of para-hydroxylation sites is 1. The molecule has 1 aromatic carbocycles. The van der Waals surface area contributed by atoms with Crippen LogP contribution in [0.3, 0.4) is 0 Å². The molecule has 3 fully saturated rings. The summed E-state index contributed by atoms with van der Waals surface area (Å²) in [7, 11) is 0. The molecular formula is C27H37NO5. The van der Waals surface area contributed by atoms with Crippen molar-refractivity contribution in [3.63, 3.8) is 0 Å². The number of hydrogen-bond acceptors (Lipinski definition) is 4. The van der Waals surface area contributed by atoms with Gasteiger partial charge >= 0.3 is 5.97 Å². The van der Waals surface area contributed by atoms with Gasteiger partial charge in [-0.2, -0.15) is 0 Å². The molecular weight excluding hydrogens is 418 g/mol. The monoisotopic (exact) mass is 455 g/mol. The number of carbonyl (C=O) groups is 2. The van der Waals surface area contributed by atoms with E-state index < -0.39 is 11.6 Å². The number of ether oxygens (including phenoxy) is 2. The van der Waals surface area contributed by atoms with E-state index in [1.165, 1.54) is 25.7 Å². The van der Waals surface area contributed by atoms with Crippen LogP contribution in [0.1, 0.15) is 82.8 Å². The van der Waals surface area contributed by atoms with E-state index in [-0.39, 0.29) is 23.9 Å². The Morgan fingerprint density at radius 2 is 1.88 bits per heavy atom. The lowest BCUT2D eigenvalue weighted by atomic mass is 9.63. The van der Waals surface area contributed by atoms with Crippen LogP contribution >= 0.6 is 0 Å². The maximum absolute atomic E-state index is 12.9. The number of rotatable bonds is 5. The van der Waals surface area contributed by atoms with Crippen molar-refractivity contribution < 1.29 is 24.2 Å². The average Bonchev–Trinajstić information content (AvgIpc) is 3.32. The van der Waals surface area contributed by atoms with E-state index in [0.29, 0.717) is 31.3 Å². The van der Waals surface area contributed by atoms with Gasteiger partial charge in [0.2, 0.25) is 5.91 Å². The molecule has 0 unspecified atom stereocenters. The molecule has 1 aromatic rings. The van der Waals surface area contributed by atoms with Crippen LogP contribution in [0.5, 0.6) is 5.75 Å². The number of piperidine rings is 1. The van der Waals surface area contributed by atoms with E-state index in [9.17, 15) is 14.7 Å². The second-order valence-electron chi connectivity index (χ2n) is 11.1. The Balaban J connectivity index is 1.30. The molecule has 1 spiro atoms. The van der Waals surface area contributed by atoms with Crippen molar-refractivity contribution in [3.05, 3.63) is 29.8 Å². The summed E-state index contributed by atoms with van der Waals surface area (Å²) in [5.41, 5.74) is 0.528. The first-order valence-corrected chi connectivity index (χ1v) is 12.8. The van der Waals surface area contributed by atoms with Crippen LogP contribution in [0.25, 0.3) is 0 Å². The lowest BCUT2D eigenvalue weighted by Gasteiger charge is -2.55. The van der Waals surface area contributed by atoms with Gasteiger partial charge in [-0.25, -0.2) is 0 Å². The van der Waals surface area contributed by atoms with Crippen LogP contribution in [0.4, 0.5) is 0 Å². The maximum atomic E-state index is 12.9. The molecule has 2 saturated heterocycles. The predicted octanol–water partition coefficient (Wildman–Crippen LogP) is 4.97. The normalized spacial score (nSPS) is 31.0. The number of carbonyl (C=O) groups excluding carboxylic acids is 1. The smallest absolute Gasteiger partial charge is 0.303 e. The lowest BCUT2D eigenvalue weighted by molar-refractivity contribution is -0.183. The molecule has 33 heavy (non-hydrogen) atoms. The van der Waals surface area contributed by atoms with Crippen molar-refractivity contribution >= 4 is 11.9 Å². The fourth-order valence-corrected chi connectivity index (χ4v) is 6.75. The van der Waals surface area contributed by atoms with Crippen LogP contribution in [0, 0.1) is 17.3 Å². The molecule has 1 aliphatic carbocycles. The zero-order valence-corrected chi connectivity index (χ0v) is 19.8. The number of carboxylic acids is 1. The summed E-state index contributed by atoms with van der Waals surface area (Å²) in [6.07, 6.45) is 8.99. The average molecular weight is 456 g/mol. The third-order valence-corrected chi connectivity index (χ3v) is 8.89. The summed E-state index contributed by atoms with van der Waals surface area (Å²) in [6.45, 7) is 4.36. The fraction of sp³-hybridized carbons (Fsp3) is 0.704. The van der Waals surface area contributed by atoms with Gasteiger partial charge in [-0.3, -0.25) is 9.59 Å². The summed E-state index contributed by atoms with van der Waals surface area (Å²) < 4.78 is 13.1. The quantitative estimate of drug-likeness (QED) is 0.678. The Bertz CT molecular complexity index is 886. The minimum absolute atomic E-state index is 0.0332. The van der Waals surface area contributed by atoms with Crippen LogP contribution in [-0.2, 0) is 14.3 Å². The highest BCUT2D eigenvalue weighted by Crippen LogP contribution is 2.56. The first-order chi connectivity index (χ1) is 15.9. The number of aliphatic carboxylic acids is 1. The highest BCUT2D eigenvalue weighted by atomic mass is 16.5. The molecule has 5 rings (SSSR count). The zero-order valence-electron chi connectivity index (χ0n) is 19.8. The molecule has 3 heterocycles. The Morgan fingerprint density at radius 3 is 2.61 bits per heavy atom. The van der Waals surface area contributed by atoms with E-state index in [2.05, 4.69) is 17.9 Å². The van der Waals surface area contributed by atoms with Gasteiger partial charge in [0, 0.05) is 37.4 Å². The molecule has 6 heteroatoms. The van der Waals surface area contributed by atoms with Crippen LogP contribution in [0.15, 0.2) is 24.3 Å². The number of hydrogen-bond donors (Lipinski definition) is 1. The van der Waals surface area contributed by atoms with Gasteiger partial charge in [0.25, 0.3) is 0 Å². The van der Waals surface area contributed by atoms with E-state index >= 15 is 0 Å². The summed E-state index contributed by atoms with van der Waals surface area (Å²) in [4.78, 5) is 26.3. The van der Waals surface area contributed by atoms with Crippen LogP contribution < -0.4 is 4.74 Å². The highest BCUT2D eigenvalue weighted by molar-refractivity contribution is 5.76. The van der Waals surface area contributed by atoms with E-state index in [0.717, 1.165) is 43.7 Å². The summed E-state index contributed by atoms with van der Waals surface area (Å²) >= 11 is 0. The Kier molecular flexibility index (Phi) is 6.15. The molecule has 1 saturated carbocycles. The van der Waals surface area contributed by atoms with Gasteiger partial charge in [0.1, 0.15) is 11.4 Å². The van der Waals surface area contributed by atoms with Crippen LogP contribution in [-0.4, -0.2) is 47.2 Å². The molecule has 1 amide bonds. The molecule has 180 valence electrons. The first-order valence-electron chi connectivity index (χ1n) is 12.8. The minimum atomic E-state index is -0.796. The van der Waals surface area contributed by atoms with Gasteiger partial charge in [0.05, 0.1) is 12.7 Å². The summed E-state index contributed by atoms with van der Waals surface area (Å²) in [5, 5.41) is 9.35. The van der Waals surface area contributed by atoms with Gasteiger partial charge in [-0.05, 0) is 62.8 Å². The number of nitrogens with zero attached hydrogens (tertiary/aromatic N) is 1. The largest absolute Gasteiger partial charge is 0.487 e. The van der Waals surface area contributed by atoms with E-state index in [1.54, 1.807) is 0 Å². The second kappa shape index (κ2) is 8.94. The van der Waals surface area contributed by atoms with Crippen molar-refractivity contribution in [2.45, 2.75) is 82.8 Å². The van der Waals surface area contributed by atoms with Crippen molar-refractivity contribution in [2.75, 3.05) is 19.7 Å². The Morgan fingerprint density at radius 1 is 1.15 bits per heavy atom. The Hall–Kier alpha value is -2.08. The SMILES string of the molecule is C[C@@]1(CCC(=O)O)Oc2ccccc2[C@H]2OCC3(CCN(C(=O)CC4CCCC4)CC3)C[C@@H]21. The fourth-order valence-electron chi connectivity index (χ4n) is 6.75. The van der Waals surface area contributed by atoms with Crippen molar-refractivity contribution in [1.82, 2.24) is 4.90 Å². The first kappa shape index (κ1) is 22.7. The summed E-state index contributed by atoms with van der Waals surface area (Å²) in [6, 6.07) is 8.01. The molecule has 6 nitrogen and oxygen atoms in total. The zero-order chi connectivity index (χ0) is 23.1. The number of benzene rings is 1. The number of likely N-dealkylation sites (tertiary alicyclic amines) is 1. The van der Waals surface area contributed by atoms with Gasteiger partial charge in [0.15, 0.2) is 0 Å². The molecule has 0 bridgehead atoms. The van der Waals surface area contributed by atoms with E-state index in [4.69, 9.17) is 9.47 Å². The van der Waals surface area contributed by atoms with Crippen molar-refractivity contribution in [1.29, 1.82) is 0 Å². The standard InChI is InChI=1S/C27H37NO5/c1-26(11-10-24(30)31)21-17-27(18-32-25(21)20-8-4-5-9-22(20)33-26)12-14-28(15-13-27)23(29)16-19-6-2-3-7-19/h4-5,8-9,19,21,25H,2-3,6-7,10-18H2,1H3,(H,30,31)/t21-,25+,26-/m0/s1. The van der Waals surface area contributed by atoms with E-state index in [1.807, 2.05) is 18.2 Å². The molecule has 1 N–H and O–H groups in total. The molecule has 3 atom stereocenters. The molecule has 0 aromatic heterocycles. The van der Waals surface area contributed by atoms with Gasteiger partial charge in [-0.15, -0.1) is 0 Å².